The lowest BCUT2D eigenvalue weighted by atomic mass is 10.5. The molecule has 0 saturated carbocycles. The molecule has 4 heteroatoms. The highest BCUT2D eigenvalue weighted by molar-refractivity contribution is 5.10. The van der Waals surface area contributed by atoms with Gasteiger partial charge in [0.15, 0.2) is 5.75 Å². The summed E-state index contributed by atoms with van der Waals surface area (Å²) < 4.78 is 18.4. The molecule has 0 fully saturated rings. The summed E-state index contributed by atoms with van der Waals surface area (Å²) in [5, 5.41) is 3.89. The minimum Gasteiger partial charge on any atom is -0.490 e. The number of halogens is 1. The van der Waals surface area contributed by atoms with Crippen LogP contribution in [0.4, 0.5) is 4.39 Å². The summed E-state index contributed by atoms with van der Waals surface area (Å²) >= 11 is 0. The number of rotatable bonds is 4. The lowest BCUT2D eigenvalue weighted by molar-refractivity contribution is 0.289. The third kappa shape index (κ3) is 2.57. The van der Waals surface area contributed by atoms with Crippen molar-refractivity contribution in [3.8, 4) is 5.75 Å². The van der Waals surface area contributed by atoms with Gasteiger partial charge in [0.1, 0.15) is 0 Å². The largest absolute Gasteiger partial charge is 0.490 e. The molecule has 0 amide bonds. The molecule has 0 radical (unpaired) electrons. The van der Waals surface area contributed by atoms with Crippen molar-refractivity contribution < 1.29 is 9.13 Å². The van der Waals surface area contributed by atoms with Gasteiger partial charge in [0.25, 0.3) is 0 Å². The first kappa shape index (κ1) is 8.04. The number of hydrogen-bond donors (Lipinski definition) is 0. The molecule has 62 valence electrons. The Kier molecular flexibility index (Phi) is 2.89. The number of ether oxygens (including phenoxy) is 1. The SMILES string of the molecule is Cn1cc(OCCCF)cn1. The number of hydrogen-bond acceptors (Lipinski definition) is 2. The van der Waals surface area contributed by atoms with E-state index in [9.17, 15) is 4.39 Å². The molecule has 1 heterocycles. The van der Waals surface area contributed by atoms with Crippen LogP contribution in [0.3, 0.4) is 0 Å². The maximum Gasteiger partial charge on any atom is 0.157 e. The molecule has 0 aromatic carbocycles. The highest BCUT2D eigenvalue weighted by Gasteiger charge is 1.94. The summed E-state index contributed by atoms with van der Waals surface area (Å²) in [6.07, 6.45) is 3.80. The molecule has 11 heavy (non-hydrogen) atoms. The topological polar surface area (TPSA) is 27.1 Å². The summed E-state index contributed by atoms with van der Waals surface area (Å²) in [5.74, 6) is 0.695. The quantitative estimate of drug-likeness (QED) is 0.615. The zero-order valence-electron chi connectivity index (χ0n) is 6.46. The summed E-state index contributed by atoms with van der Waals surface area (Å²) in [6.45, 7) is 0.0858. The minimum absolute atomic E-state index is 0.333. The van der Waals surface area contributed by atoms with E-state index >= 15 is 0 Å². The van der Waals surface area contributed by atoms with Crippen molar-refractivity contribution in [2.24, 2.45) is 7.05 Å². The van der Waals surface area contributed by atoms with Gasteiger partial charge in [0, 0.05) is 13.5 Å². The van der Waals surface area contributed by atoms with Crippen LogP contribution in [0.2, 0.25) is 0 Å². The smallest absolute Gasteiger partial charge is 0.157 e. The van der Waals surface area contributed by atoms with Gasteiger partial charge >= 0.3 is 0 Å². The van der Waals surface area contributed by atoms with Crippen LogP contribution in [0, 0.1) is 0 Å². The molecule has 0 N–H and O–H groups in total. The number of aromatic nitrogens is 2. The summed E-state index contributed by atoms with van der Waals surface area (Å²) in [4.78, 5) is 0. The van der Waals surface area contributed by atoms with E-state index in [-0.39, 0.29) is 6.67 Å². The van der Waals surface area contributed by atoms with Crippen LogP contribution in [0.1, 0.15) is 6.42 Å². The first-order valence-electron chi connectivity index (χ1n) is 3.50. The average Bonchev–Trinajstić information content (AvgIpc) is 2.37. The maximum atomic E-state index is 11.6. The van der Waals surface area contributed by atoms with E-state index < -0.39 is 0 Å². The molecular weight excluding hydrogens is 147 g/mol. The number of alkyl halides is 1. The Morgan fingerprint density at radius 3 is 3.09 bits per heavy atom. The van der Waals surface area contributed by atoms with E-state index in [1.54, 1.807) is 17.1 Å². The fourth-order valence-corrected chi connectivity index (χ4v) is 0.718. The second-order valence-electron chi connectivity index (χ2n) is 2.24. The molecule has 0 aliphatic carbocycles. The van der Waals surface area contributed by atoms with Gasteiger partial charge in [0.2, 0.25) is 0 Å². The third-order valence-electron chi connectivity index (χ3n) is 1.23. The van der Waals surface area contributed by atoms with Gasteiger partial charge in [-0.05, 0) is 0 Å². The third-order valence-corrected chi connectivity index (χ3v) is 1.23. The molecular formula is C7H11FN2O. The van der Waals surface area contributed by atoms with Crippen molar-refractivity contribution >= 4 is 0 Å². The van der Waals surface area contributed by atoms with Gasteiger partial charge in [0.05, 0.1) is 25.7 Å². The first-order chi connectivity index (χ1) is 5.33. The Labute approximate surface area is 64.8 Å². The second-order valence-corrected chi connectivity index (χ2v) is 2.24. The molecule has 1 aromatic rings. The summed E-state index contributed by atoms with van der Waals surface area (Å²) in [5.41, 5.74) is 0. The first-order valence-corrected chi connectivity index (χ1v) is 3.50. The lowest BCUT2D eigenvalue weighted by Gasteiger charge is -1.98. The lowest BCUT2D eigenvalue weighted by Crippen LogP contribution is -1.96. The van der Waals surface area contributed by atoms with E-state index in [1.165, 1.54) is 0 Å². The molecule has 1 aromatic heterocycles. The van der Waals surface area contributed by atoms with Crippen LogP contribution in [0.25, 0.3) is 0 Å². The van der Waals surface area contributed by atoms with Crippen molar-refractivity contribution in [3.05, 3.63) is 12.4 Å². The molecule has 0 saturated heterocycles. The van der Waals surface area contributed by atoms with E-state index in [2.05, 4.69) is 5.10 Å². The molecule has 0 aliphatic rings. The van der Waals surface area contributed by atoms with Crippen molar-refractivity contribution in [1.29, 1.82) is 0 Å². The minimum atomic E-state index is -0.333. The predicted octanol–water partition coefficient (Wildman–Crippen LogP) is 1.16. The molecule has 0 spiro atoms. The molecule has 0 atom stereocenters. The Morgan fingerprint density at radius 1 is 1.73 bits per heavy atom. The highest BCUT2D eigenvalue weighted by atomic mass is 19.1. The van der Waals surface area contributed by atoms with Crippen LogP contribution in [0.5, 0.6) is 5.75 Å². The number of aryl methyl sites for hydroxylation is 1. The highest BCUT2D eigenvalue weighted by Crippen LogP contribution is 2.06. The number of nitrogens with zero attached hydrogens (tertiary/aromatic N) is 2. The zero-order chi connectivity index (χ0) is 8.10. The van der Waals surface area contributed by atoms with Gasteiger partial charge < -0.3 is 4.74 Å². The van der Waals surface area contributed by atoms with Crippen molar-refractivity contribution in [1.82, 2.24) is 9.78 Å². The van der Waals surface area contributed by atoms with Crippen molar-refractivity contribution in [3.63, 3.8) is 0 Å². The van der Waals surface area contributed by atoms with Crippen LogP contribution >= 0.6 is 0 Å². The monoisotopic (exact) mass is 158 g/mol. The maximum absolute atomic E-state index is 11.6. The van der Waals surface area contributed by atoms with Gasteiger partial charge in [-0.25, -0.2) is 0 Å². The Balaban J connectivity index is 2.27. The molecule has 3 nitrogen and oxygen atoms in total. The van der Waals surface area contributed by atoms with Crippen molar-refractivity contribution in [2.75, 3.05) is 13.3 Å². The zero-order valence-corrected chi connectivity index (χ0v) is 6.46. The Bertz CT molecular complexity index is 212. The van der Waals surface area contributed by atoms with Gasteiger partial charge in [-0.1, -0.05) is 0 Å². The molecule has 0 aliphatic heterocycles. The van der Waals surface area contributed by atoms with Crippen LogP contribution in [0.15, 0.2) is 12.4 Å². The average molecular weight is 158 g/mol. The van der Waals surface area contributed by atoms with E-state index in [1.807, 2.05) is 7.05 Å². The molecule has 1 rings (SSSR count). The van der Waals surface area contributed by atoms with Crippen molar-refractivity contribution in [2.45, 2.75) is 6.42 Å². The van der Waals surface area contributed by atoms with Crippen LogP contribution in [-0.2, 0) is 7.05 Å². The van der Waals surface area contributed by atoms with E-state index in [4.69, 9.17) is 4.74 Å². The van der Waals surface area contributed by atoms with E-state index in [0.29, 0.717) is 18.8 Å². The Hall–Kier alpha value is -1.06. The van der Waals surface area contributed by atoms with Crippen LogP contribution < -0.4 is 4.74 Å². The fourth-order valence-electron chi connectivity index (χ4n) is 0.718. The van der Waals surface area contributed by atoms with Gasteiger partial charge in [-0.2, -0.15) is 5.10 Å². The van der Waals surface area contributed by atoms with Gasteiger partial charge in [-0.15, -0.1) is 0 Å². The normalized spacial score (nSPS) is 10.0. The van der Waals surface area contributed by atoms with Crippen LogP contribution in [-0.4, -0.2) is 23.1 Å². The van der Waals surface area contributed by atoms with E-state index in [0.717, 1.165) is 0 Å². The Morgan fingerprint density at radius 2 is 2.55 bits per heavy atom. The summed E-state index contributed by atoms with van der Waals surface area (Å²) in [7, 11) is 1.81. The predicted molar refractivity (Wildman–Crippen MR) is 39.3 cm³/mol. The second kappa shape index (κ2) is 3.95. The standard InChI is InChI=1S/C7H11FN2O/c1-10-6-7(5-9-10)11-4-2-3-8/h5-6H,2-4H2,1H3. The molecule has 0 unspecified atom stereocenters. The molecule has 0 bridgehead atoms. The van der Waals surface area contributed by atoms with Gasteiger partial charge in [-0.3, -0.25) is 9.07 Å². The summed E-state index contributed by atoms with van der Waals surface area (Å²) in [6, 6.07) is 0. The fraction of sp³-hybridized carbons (Fsp3) is 0.571.